The van der Waals surface area contributed by atoms with Gasteiger partial charge in [0.05, 0.1) is 7.11 Å². The molecule has 1 unspecified atom stereocenters. The summed E-state index contributed by atoms with van der Waals surface area (Å²) >= 11 is 0. The summed E-state index contributed by atoms with van der Waals surface area (Å²) in [6.07, 6.45) is 2.03. The minimum atomic E-state index is -0.0323. The molecule has 0 saturated carbocycles. The van der Waals surface area contributed by atoms with Gasteiger partial charge in [0.15, 0.2) is 18.3 Å². The van der Waals surface area contributed by atoms with Crippen LogP contribution in [0.25, 0.3) is 0 Å². The average molecular weight is 432 g/mol. The molecule has 30 heavy (non-hydrogen) atoms. The lowest BCUT2D eigenvalue weighted by molar-refractivity contribution is 0.0479. The molecule has 1 atom stereocenters. The van der Waals surface area contributed by atoms with Crippen LogP contribution in [0.4, 0.5) is 0 Å². The zero-order valence-corrected chi connectivity index (χ0v) is 20.6. The molecule has 0 amide bonds. The van der Waals surface area contributed by atoms with Crippen molar-refractivity contribution in [3.8, 4) is 11.5 Å². The molecule has 0 aliphatic rings. The number of methoxy groups -OCH3 is 2. The van der Waals surface area contributed by atoms with Crippen LogP contribution in [-0.2, 0) is 16.4 Å². The van der Waals surface area contributed by atoms with E-state index >= 15 is 0 Å². The second-order valence-corrected chi connectivity index (χ2v) is 10.3. The van der Waals surface area contributed by atoms with Gasteiger partial charge in [0, 0.05) is 29.9 Å². The molecule has 0 saturated heterocycles. The van der Waals surface area contributed by atoms with Gasteiger partial charge in [-0.15, -0.1) is 0 Å². The number of benzene rings is 2. The second-order valence-electron chi connectivity index (χ2n) is 8.56. The number of para-hydroxylation sites is 1. The van der Waals surface area contributed by atoms with Gasteiger partial charge in [-0.3, -0.25) is 0 Å². The fourth-order valence-corrected chi connectivity index (χ4v) is 5.32. The number of rotatable bonds is 11. The number of ether oxygens (including phenoxy) is 3. The lowest BCUT2D eigenvalue weighted by Gasteiger charge is -2.35. The maximum absolute atomic E-state index is 6.02. The van der Waals surface area contributed by atoms with Crippen molar-refractivity contribution in [2.75, 3.05) is 21.0 Å². The molecule has 0 spiro atoms. The van der Waals surface area contributed by atoms with Gasteiger partial charge in [0.2, 0.25) is 0 Å². The first-order valence-corrected chi connectivity index (χ1v) is 11.7. The molecule has 5 heteroatoms. The second kappa shape index (κ2) is 11.1. The quantitative estimate of drug-likeness (QED) is 0.372. The summed E-state index contributed by atoms with van der Waals surface area (Å²) in [5.41, 5.74) is 2.64. The smallest absolute Gasteiger partial charge is 0.188 e. The summed E-state index contributed by atoms with van der Waals surface area (Å²) in [4.78, 5) is 0. The zero-order valence-electron chi connectivity index (χ0n) is 19.6. The van der Waals surface area contributed by atoms with Crippen LogP contribution in [0.5, 0.6) is 11.5 Å². The SMILES string of the molecule is CCC(CC)(Pc1ccccc1CNC(C)(C)C)c1cccc(OC)c1OCOC. The normalized spacial score (nSPS) is 12.5. The van der Waals surface area contributed by atoms with Crippen molar-refractivity contribution in [3.05, 3.63) is 53.6 Å². The molecule has 0 aromatic heterocycles. The molecule has 0 aliphatic carbocycles. The first-order valence-electron chi connectivity index (χ1n) is 10.7. The van der Waals surface area contributed by atoms with E-state index in [2.05, 4.69) is 76.3 Å². The maximum Gasteiger partial charge on any atom is 0.188 e. The van der Waals surface area contributed by atoms with Crippen LogP contribution in [0, 0.1) is 0 Å². The van der Waals surface area contributed by atoms with Crippen LogP contribution in [0.1, 0.15) is 58.6 Å². The molecule has 0 radical (unpaired) electrons. The van der Waals surface area contributed by atoms with E-state index in [1.54, 1.807) is 14.2 Å². The molecular weight excluding hydrogens is 393 g/mol. The Bertz CT molecular complexity index is 797. The molecule has 0 bridgehead atoms. The van der Waals surface area contributed by atoms with Crippen LogP contribution in [0.15, 0.2) is 42.5 Å². The van der Waals surface area contributed by atoms with E-state index in [0.717, 1.165) is 30.9 Å². The Hall–Kier alpha value is -1.61. The Morgan fingerprint density at radius 3 is 2.23 bits per heavy atom. The van der Waals surface area contributed by atoms with E-state index in [0.29, 0.717) is 8.58 Å². The monoisotopic (exact) mass is 431 g/mol. The van der Waals surface area contributed by atoms with Crippen LogP contribution < -0.4 is 20.1 Å². The first kappa shape index (κ1) is 24.7. The highest BCUT2D eigenvalue weighted by Gasteiger charge is 2.34. The van der Waals surface area contributed by atoms with Crippen molar-refractivity contribution in [3.63, 3.8) is 0 Å². The minimum absolute atomic E-state index is 0.0323. The summed E-state index contributed by atoms with van der Waals surface area (Å²) in [6, 6.07) is 15.0. The molecule has 166 valence electrons. The minimum Gasteiger partial charge on any atom is -0.493 e. The van der Waals surface area contributed by atoms with Gasteiger partial charge in [-0.25, -0.2) is 0 Å². The molecule has 0 aliphatic heterocycles. The van der Waals surface area contributed by atoms with Gasteiger partial charge in [-0.2, -0.15) is 0 Å². The average Bonchev–Trinajstić information content (AvgIpc) is 2.74. The van der Waals surface area contributed by atoms with Gasteiger partial charge in [-0.1, -0.05) is 58.8 Å². The van der Waals surface area contributed by atoms with E-state index in [-0.39, 0.29) is 17.5 Å². The lowest BCUT2D eigenvalue weighted by Crippen LogP contribution is -2.36. The van der Waals surface area contributed by atoms with Gasteiger partial charge in [0.25, 0.3) is 0 Å². The highest BCUT2D eigenvalue weighted by molar-refractivity contribution is 7.48. The molecule has 2 aromatic carbocycles. The van der Waals surface area contributed by atoms with Gasteiger partial charge >= 0.3 is 0 Å². The molecule has 2 aromatic rings. The highest BCUT2D eigenvalue weighted by atomic mass is 31.1. The van der Waals surface area contributed by atoms with Crippen molar-refractivity contribution >= 4 is 13.9 Å². The molecule has 4 nitrogen and oxygen atoms in total. The Morgan fingerprint density at radius 1 is 0.933 bits per heavy atom. The van der Waals surface area contributed by atoms with Crippen molar-refractivity contribution in [1.29, 1.82) is 0 Å². The predicted molar refractivity (Wildman–Crippen MR) is 129 cm³/mol. The standard InChI is InChI=1S/C25H38NO3P/c1-8-25(9-2,20-14-12-15-21(28-7)23(20)29-18-27-6)30-22-16-11-10-13-19(22)17-26-24(3,4)5/h10-16,26,30H,8-9,17-18H2,1-7H3. The van der Waals surface area contributed by atoms with Crippen molar-refractivity contribution in [2.45, 2.75) is 64.7 Å². The van der Waals surface area contributed by atoms with E-state index in [1.807, 2.05) is 6.07 Å². The van der Waals surface area contributed by atoms with Crippen molar-refractivity contribution in [1.82, 2.24) is 5.32 Å². The van der Waals surface area contributed by atoms with Crippen LogP contribution in [0.2, 0.25) is 0 Å². The van der Waals surface area contributed by atoms with E-state index in [1.165, 1.54) is 16.4 Å². The van der Waals surface area contributed by atoms with Gasteiger partial charge in [0.1, 0.15) is 0 Å². The summed E-state index contributed by atoms with van der Waals surface area (Å²) in [7, 11) is 3.95. The van der Waals surface area contributed by atoms with E-state index in [9.17, 15) is 0 Å². The molecular formula is C25H38NO3P. The van der Waals surface area contributed by atoms with Crippen LogP contribution in [0.3, 0.4) is 0 Å². The fraction of sp³-hybridized carbons (Fsp3) is 0.520. The largest absolute Gasteiger partial charge is 0.493 e. The predicted octanol–water partition coefficient (Wildman–Crippen LogP) is 5.59. The van der Waals surface area contributed by atoms with Crippen LogP contribution in [-0.4, -0.2) is 26.6 Å². The summed E-state index contributed by atoms with van der Waals surface area (Å²) in [5, 5.41) is 5.01. The van der Waals surface area contributed by atoms with Gasteiger partial charge < -0.3 is 19.5 Å². The van der Waals surface area contributed by atoms with Crippen molar-refractivity contribution in [2.24, 2.45) is 0 Å². The van der Waals surface area contributed by atoms with Crippen molar-refractivity contribution < 1.29 is 14.2 Å². The molecule has 1 N–H and O–H groups in total. The third-order valence-corrected chi connectivity index (χ3v) is 7.66. The highest BCUT2D eigenvalue weighted by Crippen LogP contribution is 2.52. The number of nitrogens with one attached hydrogen (secondary N) is 1. The summed E-state index contributed by atoms with van der Waals surface area (Å²) in [6.45, 7) is 12.2. The molecule has 0 fully saturated rings. The number of hydrogen-bond acceptors (Lipinski definition) is 4. The third-order valence-electron chi connectivity index (χ3n) is 5.44. The van der Waals surface area contributed by atoms with E-state index in [4.69, 9.17) is 14.2 Å². The number of hydrogen-bond donors (Lipinski definition) is 1. The lowest BCUT2D eigenvalue weighted by atomic mass is 9.91. The Balaban J connectivity index is 2.48. The molecule has 0 heterocycles. The van der Waals surface area contributed by atoms with Gasteiger partial charge in [-0.05, 0) is 50.5 Å². The third kappa shape index (κ3) is 6.20. The summed E-state index contributed by atoms with van der Waals surface area (Å²) in [5.74, 6) is 1.55. The maximum atomic E-state index is 6.02. The van der Waals surface area contributed by atoms with Crippen LogP contribution >= 0.6 is 8.58 Å². The first-order chi connectivity index (χ1) is 14.3. The molecule has 2 rings (SSSR count). The Morgan fingerprint density at radius 2 is 1.63 bits per heavy atom. The topological polar surface area (TPSA) is 39.7 Å². The Kier molecular flexibility index (Phi) is 9.15. The Labute approximate surface area is 184 Å². The van der Waals surface area contributed by atoms with E-state index < -0.39 is 0 Å². The zero-order chi connectivity index (χ0) is 22.2. The fourth-order valence-electron chi connectivity index (χ4n) is 3.61. The summed E-state index contributed by atoms with van der Waals surface area (Å²) < 4.78 is 16.9.